The Balaban J connectivity index is 1.34. The van der Waals surface area contributed by atoms with Crippen LogP contribution in [0.2, 0.25) is 0 Å². The molecule has 1 aliphatic carbocycles. The number of hydrogen-bond acceptors (Lipinski definition) is 8. The van der Waals surface area contributed by atoms with Gasteiger partial charge in [-0.05, 0) is 62.6 Å². The van der Waals surface area contributed by atoms with Gasteiger partial charge in [-0.3, -0.25) is 14.4 Å². The fraction of sp³-hybridized carbons (Fsp3) is 0.346. The summed E-state index contributed by atoms with van der Waals surface area (Å²) in [5.74, 6) is -0.144. The van der Waals surface area contributed by atoms with Crippen LogP contribution in [0.15, 0.2) is 42.7 Å². The van der Waals surface area contributed by atoms with Gasteiger partial charge < -0.3 is 31.2 Å². The molecule has 5 N–H and O–H groups in total. The van der Waals surface area contributed by atoms with Gasteiger partial charge in [0.05, 0.1) is 23.6 Å². The van der Waals surface area contributed by atoms with Gasteiger partial charge >= 0.3 is 0 Å². The van der Waals surface area contributed by atoms with Gasteiger partial charge in [0.2, 0.25) is 17.7 Å². The zero-order valence-electron chi connectivity index (χ0n) is 20.4. The first kappa shape index (κ1) is 24.4. The molecule has 2 aliphatic rings. The van der Waals surface area contributed by atoms with Crippen LogP contribution in [0.25, 0.3) is 10.9 Å². The lowest BCUT2D eigenvalue weighted by Gasteiger charge is -2.15. The summed E-state index contributed by atoms with van der Waals surface area (Å²) in [5, 5.41) is 9.60. The fourth-order valence-electron chi connectivity index (χ4n) is 4.41. The average molecular weight is 505 g/mol. The van der Waals surface area contributed by atoms with Gasteiger partial charge in [0.15, 0.2) is 0 Å². The van der Waals surface area contributed by atoms with Crippen LogP contribution in [0.5, 0.6) is 17.4 Å². The molecule has 2 fully saturated rings. The first-order valence-corrected chi connectivity index (χ1v) is 12.1. The van der Waals surface area contributed by atoms with Crippen molar-refractivity contribution < 1.29 is 23.9 Å². The zero-order valence-corrected chi connectivity index (χ0v) is 20.4. The van der Waals surface area contributed by atoms with E-state index in [4.69, 9.17) is 15.2 Å². The Morgan fingerprint density at radius 1 is 1.16 bits per heavy atom. The lowest BCUT2D eigenvalue weighted by molar-refractivity contribution is -0.132. The van der Waals surface area contributed by atoms with Gasteiger partial charge in [-0.25, -0.2) is 9.97 Å². The molecule has 1 aliphatic heterocycles. The Labute approximate surface area is 213 Å². The van der Waals surface area contributed by atoms with Gasteiger partial charge in [0, 0.05) is 24.3 Å². The van der Waals surface area contributed by atoms with E-state index in [1.54, 1.807) is 36.4 Å². The van der Waals surface area contributed by atoms with E-state index in [1.165, 1.54) is 13.4 Å². The highest BCUT2D eigenvalue weighted by molar-refractivity contribution is 6.12. The molecule has 3 amide bonds. The number of amides is 3. The van der Waals surface area contributed by atoms with Crippen LogP contribution in [-0.4, -0.2) is 53.9 Å². The van der Waals surface area contributed by atoms with Gasteiger partial charge in [0.25, 0.3) is 5.91 Å². The first-order chi connectivity index (χ1) is 17.9. The van der Waals surface area contributed by atoms with E-state index < -0.39 is 17.2 Å². The second kappa shape index (κ2) is 10.0. The largest absolute Gasteiger partial charge is 0.496 e. The molecular formula is C26H28N6O5. The van der Waals surface area contributed by atoms with E-state index in [0.29, 0.717) is 53.0 Å². The number of nitrogens with two attached hydrogens (primary N) is 1. The van der Waals surface area contributed by atoms with Crippen molar-refractivity contribution in [1.29, 1.82) is 0 Å². The lowest BCUT2D eigenvalue weighted by Crippen LogP contribution is -2.37. The standard InChI is InChI=1S/C26H28N6O5/c1-36-21-12-20-18(11-19(21)22(33)29-13-16-3-2-10-28-16)23(31-14-30-20)37-17-6-4-15(5-7-17)32-25(35)26(8-9-26)24(27)34/h4-7,11-12,14,16,28H,2-3,8-10,13H2,1H3,(H2,27,34)(H,29,33)(H,32,35)/t16-/m1/s1. The normalized spacial score (nSPS) is 17.7. The maximum atomic E-state index is 13.0. The van der Waals surface area contributed by atoms with Crippen LogP contribution >= 0.6 is 0 Å². The highest BCUT2D eigenvalue weighted by atomic mass is 16.5. The number of primary amides is 1. The van der Waals surface area contributed by atoms with Gasteiger partial charge in [0.1, 0.15) is 23.2 Å². The third-order valence-electron chi connectivity index (χ3n) is 6.82. The van der Waals surface area contributed by atoms with Crippen molar-refractivity contribution >= 4 is 34.3 Å². The number of anilines is 1. The zero-order chi connectivity index (χ0) is 26.0. The second-order valence-corrected chi connectivity index (χ2v) is 9.28. The van der Waals surface area contributed by atoms with Crippen LogP contribution in [0.1, 0.15) is 36.0 Å². The van der Waals surface area contributed by atoms with Crippen LogP contribution in [0.4, 0.5) is 5.69 Å². The minimum atomic E-state index is -1.10. The summed E-state index contributed by atoms with van der Waals surface area (Å²) >= 11 is 0. The Morgan fingerprint density at radius 3 is 2.59 bits per heavy atom. The van der Waals surface area contributed by atoms with Crippen LogP contribution in [-0.2, 0) is 9.59 Å². The Hall–Kier alpha value is -4.25. The quantitative estimate of drug-likeness (QED) is 0.323. The summed E-state index contributed by atoms with van der Waals surface area (Å²) < 4.78 is 11.4. The molecule has 0 bridgehead atoms. The SMILES string of the molecule is COc1cc2ncnc(Oc3ccc(NC(=O)C4(C(N)=O)CC4)cc3)c2cc1C(=O)NC[C@H]1CCCN1. The Morgan fingerprint density at radius 2 is 1.95 bits per heavy atom. The fourth-order valence-corrected chi connectivity index (χ4v) is 4.41. The molecule has 0 spiro atoms. The molecule has 1 aromatic heterocycles. The molecule has 5 rings (SSSR count). The van der Waals surface area contributed by atoms with E-state index in [9.17, 15) is 14.4 Å². The van der Waals surface area contributed by atoms with E-state index in [-0.39, 0.29) is 17.8 Å². The molecule has 2 heterocycles. The number of fused-ring (bicyclic) bond motifs is 1. The van der Waals surface area contributed by atoms with Crippen LogP contribution < -0.4 is 31.2 Å². The molecule has 192 valence electrons. The number of hydrogen-bond donors (Lipinski definition) is 4. The van der Waals surface area contributed by atoms with Gasteiger partial charge in [-0.15, -0.1) is 0 Å². The number of nitrogens with one attached hydrogen (secondary N) is 3. The predicted molar refractivity (Wildman–Crippen MR) is 135 cm³/mol. The van der Waals surface area contributed by atoms with Crippen molar-refractivity contribution in [2.75, 3.05) is 25.5 Å². The third kappa shape index (κ3) is 5.03. The summed E-state index contributed by atoms with van der Waals surface area (Å²) in [5.41, 5.74) is 5.69. The molecule has 0 unspecified atom stereocenters. The number of aromatic nitrogens is 2. The predicted octanol–water partition coefficient (Wildman–Crippen LogP) is 2.12. The van der Waals surface area contributed by atoms with E-state index in [1.807, 2.05) is 0 Å². The molecule has 1 saturated heterocycles. The molecule has 11 heteroatoms. The van der Waals surface area contributed by atoms with Gasteiger partial charge in [-0.1, -0.05) is 0 Å². The molecule has 37 heavy (non-hydrogen) atoms. The summed E-state index contributed by atoms with van der Waals surface area (Å²) in [6.07, 6.45) is 4.40. The van der Waals surface area contributed by atoms with Crippen molar-refractivity contribution in [2.24, 2.45) is 11.1 Å². The minimum absolute atomic E-state index is 0.258. The molecule has 1 saturated carbocycles. The summed E-state index contributed by atoms with van der Waals surface area (Å²) in [6, 6.07) is 10.2. The molecule has 1 atom stereocenters. The molecule has 3 aromatic rings. The van der Waals surface area contributed by atoms with Crippen molar-refractivity contribution in [3.05, 3.63) is 48.3 Å². The number of benzene rings is 2. The van der Waals surface area contributed by atoms with Crippen LogP contribution in [0.3, 0.4) is 0 Å². The van der Waals surface area contributed by atoms with E-state index in [2.05, 4.69) is 25.9 Å². The number of carbonyl (C=O) groups is 3. The number of rotatable bonds is 9. The van der Waals surface area contributed by atoms with Crippen molar-refractivity contribution in [1.82, 2.24) is 20.6 Å². The highest BCUT2D eigenvalue weighted by Gasteiger charge is 2.55. The molecular weight excluding hydrogens is 476 g/mol. The van der Waals surface area contributed by atoms with Crippen LogP contribution in [0, 0.1) is 5.41 Å². The average Bonchev–Trinajstić information content (AvgIpc) is 3.57. The van der Waals surface area contributed by atoms with E-state index in [0.717, 1.165) is 19.4 Å². The van der Waals surface area contributed by atoms with Crippen molar-refractivity contribution in [3.8, 4) is 17.4 Å². The number of ether oxygens (including phenoxy) is 2. The van der Waals surface area contributed by atoms with E-state index >= 15 is 0 Å². The highest BCUT2D eigenvalue weighted by Crippen LogP contribution is 2.46. The lowest BCUT2D eigenvalue weighted by atomic mass is 10.1. The molecule has 11 nitrogen and oxygen atoms in total. The molecule has 0 radical (unpaired) electrons. The maximum Gasteiger partial charge on any atom is 0.255 e. The summed E-state index contributed by atoms with van der Waals surface area (Å²) in [4.78, 5) is 45.5. The smallest absolute Gasteiger partial charge is 0.255 e. The van der Waals surface area contributed by atoms with Crippen molar-refractivity contribution in [3.63, 3.8) is 0 Å². The number of nitrogens with zero attached hydrogens (tertiary/aromatic N) is 2. The monoisotopic (exact) mass is 504 g/mol. The Bertz CT molecular complexity index is 1350. The minimum Gasteiger partial charge on any atom is -0.496 e. The second-order valence-electron chi connectivity index (χ2n) is 9.28. The number of carbonyl (C=O) groups excluding carboxylic acids is 3. The molecule has 2 aromatic carbocycles. The first-order valence-electron chi connectivity index (χ1n) is 12.1. The number of methoxy groups -OCH3 is 1. The van der Waals surface area contributed by atoms with Crippen molar-refractivity contribution in [2.45, 2.75) is 31.7 Å². The summed E-state index contributed by atoms with van der Waals surface area (Å²) in [6.45, 7) is 1.48. The topological polar surface area (TPSA) is 158 Å². The maximum absolute atomic E-state index is 13.0. The summed E-state index contributed by atoms with van der Waals surface area (Å²) in [7, 11) is 1.50. The van der Waals surface area contributed by atoms with Gasteiger partial charge in [-0.2, -0.15) is 0 Å². The third-order valence-corrected chi connectivity index (χ3v) is 6.82. The Kier molecular flexibility index (Phi) is 6.62.